The molecule has 1 unspecified atom stereocenters. The summed E-state index contributed by atoms with van der Waals surface area (Å²) in [6.07, 6.45) is 0.799. The van der Waals surface area contributed by atoms with Crippen molar-refractivity contribution in [2.75, 3.05) is 24.5 Å². The van der Waals surface area contributed by atoms with E-state index in [1.54, 1.807) is 0 Å². The van der Waals surface area contributed by atoms with E-state index in [0.717, 1.165) is 37.6 Å². The number of primary amides is 1. The average molecular weight is 279 g/mol. The molecule has 0 saturated carbocycles. The standard InChI is InChI=1S/C14H25N5O/c1-5-16-8-11-10(2)17-18(4)12(11)19-7-6-14(3,9-19)13(15)20/h16H,5-9H2,1-4H3,(H2,15,20). The van der Waals surface area contributed by atoms with E-state index in [1.807, 2.05) is 25.6 Å². The third-order valence-corrected chi connectivity index (χ3v) is 4.23. The summed E-state index contributed by atoms with van der Waals surface area (Å²) in [6.45, 7) is 9.30. The summed E-state index contributed by atoms with van der Waals surface area (Å²) in [4.78, 5) is 13.8. The van der Waals surface area contributed by atoms with Crippen molar-refractivity contribution in [3.63, 3.8) is 0 Å². The van der Waals surface area contributed by atoms with Crippen LogP contribution in [-0.4, -0.2) is 35.3 Å². The average Bonchev–Trinajstić information content (AvgIpc) is 2.89. The van der Waals surface area contributed by atoms with Gasteiger partial charge in [0.15, 0.2) is 0 Å². The van der Waals surface area contributed by atoms with Crippen molar-refractivity contribution >= 4 is 11.7 Å². The molecule has 1 aliphatic heterocycles. The third-order valence-electron chi connectivity index (χ3n) is 4.23. The lowest BCUT2D eigenvalue weighted by molar-refractivity contribution is -0.125. The molecule has 0 bridgehead atoms. The number of nitrogens with one attached hydrogen (secondary N) is 1. The molecule has 1 atom stereocenters. The van der Waals surface area contributed by atoms with Crippen molar-refractivity contribution in [3.8, 4) is 0 Å². The molecule has 0 aromatic carbocycles. The molecule has 1 aromatic rings. The lowest BCUT2D eigenvalue weighted by Crippen LogP contribution is -2.37. The summed E-state index contributed by atoms with van der Waals surface area (Å²) >= 11 is 0. The lowest BCUT2D eigenvalue weighted by Gasteiger charge is -2.23. The lowest BCUT2D eigenvalue weighted by atomic mass is 9.89. The summed E-state index contributed by atoms with van der Waals surface area (Å²) in [5.41, 5.74) is 7.35. The highest BCUT2D eigenvalue weighted by atomic mass is 16.1. The van der Waals surface area contributed by atoms with E-state index in [9.17, 15) is 4.79 Å². The number of aromatic nitrogens is 2. The number of hydrogen-bond donors (Lipinski definition) is 2. The van der Waals surface area contributed by atoms with Gasteiger partial charge in [0.25, 0.3) is 0 Å². The summed E-state index contributed by atoms with van der Waals surface area (Å²) in [5.74, 6) is 0.889. The molecular formula is C14H25N5O. The molecule has 1 aliphatic rings. The number of carbonyl (C=O) groups is 1. The Morgan fingerprint density at radius 2 is 2.25 bits per heavy atom. The number of nitrogens with two attached hydrogens (primary N) is 1. The van der Waals surface area contributed by atoms with E-state index in [-0.39, 0.29) is 5.91 Å². The molecule has 20 heavy (non-hydrogen) atoms. The fourth-order valence-electron chi connectivity index (χ4n) is 2.89. The first kappa shape index (κ1) is 14.8. The van der Waals surface area contributed by atoms with Crippen LogP contribution >= 0.6 is 0 Å². The van der Waals surface area contributed by atoms with Crippen LogP contribution in [0.25, 0.3) is 0 Å². The molecule has 1 amide bonds. The van der Waals surface area contributed by atoms with Gasteiger partial charge in [0, 0.05) is 32.2 Å². The zero-order valence-corrected chi connectivity index (χ0v) is 12.9. The van der Waals surface area contributed by atoms with Gasteiger partial charge in [-0.25, -0.2) is 0 Å². The summed E-state index contributed by atoms with van der Waals surface area (Å²) in [5, 5.41) is 7.87. The second kappa shape index (κ2) is 5.44. The maximum atomic E-state index is 11.6. The number of rotatable bonds is 5. The first-order valence-corrected chi connectivity index (χ1v) is 7.17. The molecule has 2 heterocycles. The zero-order valence-electron chi connectivity index (χ0n) is 12.9. The molecule has 1 saturated heterocycles. The molecule has 2 rings (SSSR count). The Balaban J connectivity index is 2.27. The molecule has 0 aliphatic carbocycles. The smallest absolute Gasteiger partial charge is 0.225 e. The zero-order chi connectivity index (χ0) is 14.9. The van der Waals surface area contributed by atoms with Gasteiger partial charge in [0.2, 0.25) is 5.91 Å². The van der Waals surface area contributed by atoms with Gasteiger partial charge >= 0.3 is 0 Å². The normalized spacial score (nSPS) is 22.5. The van der Waals surface area contributed by atoms with Crippen LogP contribution in [0.2, 0.25) is 0 Å². The van der Waals surface area contributed by atoms with Crippen LogP contribution in [-0.2, 0) is 18.4 Å². The molecule has 6 heteroatoms. The van der Waals surface area contributed by atoms with Crippen LogP contribution in [0.1, 0.15) is 31.5 Å². The largest absolute Gasteiger partial charge is 0.369 e. The molecule has 0 radical (unpaired) electrons. The van der Waals surface area contributed by atoms with Crippen LogP contribution in [0.3, 0.4) is 0 Å². The van der Waals surface area contributed by atoms with Crippen LogP contribution < -0.4 is 16.0 Å². The molecule has 0 spiro atoms. The second-order valence-electron chi connectivity index (χ2n) is 5.89. The quantitative estimate of drug-likeness (QED) is 0.825. The van der Waals surface area contributed by atoms with Gasteiger partial charge in [0.05, 0.1) is 11.1 Å². The Morgan fingerprint density at radius 1 is 1.55 bits per heavy atom. The highest BCUT2D eigenvalue weighted by Gasteiger charge is 2.40. The Hall–Kier alpha value is -1.56. The highest BCUT2D eigenvalue weighted by molar-refractivity contribution is 5.82. The summed E-state index contributed by atoms with van der Waals surface area (Å²) in [7, 11) is 1.96. The van der Waals surface area contributed by atoms with Crippen LogP contribution in [0.5, 0.6) is 0 Å². The Kier molecular flexibility index (Phi) is 4.04. The maximum absolute atomic E-state index is 11.6. The van der Waals surface area contributed by atoms with Gasteiger partial charge in [-0.05, 0) is 26.8 Å². The van der Waals surface area contributed by atoms with Crippen molar-refractivity contribution in [3.05, 3.63) is 11.3 Å². The molecule has 3 N–H and O–H groups in total. The predicted octanol–water partition coefficient (Wildman–Crippen LogP) is 0.540. The van der Waals surface area contributed by atoms with E-state index in [0.29, 0.717) is 6.54 Å². The van der Waals surface area contributed by atoms with Crippen LogP contribution in [0, 0.1) is 12.3 Å². The van der Waals surface area contributed by atoms with Crippen molar-refractivity contribution in [1.82, 2.24) is 15.1 Å². The topological polar surface area (TPSA) is 76.2 Å². The number of hydrogen-bond acceptors (Lipinski definition) is 4. The number of aryl methyl sites for hydroxylation is 2. The molecular weight excluding hydrogens is 254 g/mol. The monoisotopic (exact) mass is 279 g/mol. The number of anilines is 1. The number of amides is 1. The maximum Gasteiger partial charge on any atom is 0.225 e. The van der Waals surface area contributed by atoms with E-state index >= 15 is 0 Å². The van der Waals surface area contributed by atoms with Gasteiger partial charge < -0.3 is 16.0 Å². The van der Waals surface area contributed by atoms with E-state index < -0.39 is 5.41 Å². The number of nitrogens with zero attached hydrogens (tertiary/aromatic N) is 3. The molecule has 1 aromatic heterocycles. The van der Waals surface area contributed by atoms with Gasteiger partial charge in [-0.2, -0.15) is 5.10 Å². The Labute approximate surface area is 120 Å². The van der Waals surface area contributed by atoms with Crippen LogP contribution in [0.4, 0.5) is 5.82 Å². The fraction of sp³-hybridized carbons (Fsp3) is 0.714. The Morgan fingerprint density at radius 3 is 2.80 bits per heavy atom. The van der Waals surface area contributed by atoms with E-state index in [4.69, 9.17) is 5.73 Å². The summed E-state index contributed by atoms with van der Waals surface area (Å²) in [6, 6.07) is 0. The molecule has 6 nitrogen and oxygen atoms in total. The fourth-order valence-corrected chi connectivity index (χ4v) is 2.89. The second-order valence-corrected chi connectivity index (χ2v) is 5.89. The first-order valence-electron chi connectivity index (χ1n) is 7.17. The van der Waals surface area contributed by atoms with Gasteiger partial charge in [-0.15, -0.1) is 0 Å². The highest BCUT2D eigenvalue weighted by Crippen LogP contribution is 2.35. The minimum atomic E-state index is -0.437. The first-order chi connectivity index (χ1) is 9.39. The van der Waals surface area contributed by atoms with Crippen molar-refractivity contribution in [1.29, 1.82) is 0 Å². The minimum absolute atomic E-state index is 0.216. The Bertz CT molecular complexity index is 510. The molecule has 1 fully saturated rings. The van der Waals surface area contributed by atoms with Crippen molar-refractivity contribution in [2.24, 2.45) is 18.2 Å². The van der Waals surface area contributed by atoms with Gasteiger partial charge in [0.1, 0.15) is 5.82 Å². The van der Waals surface area contributed by atoms with Crippen molar-refractivity contribution < 1.29 is 4.79 Å². The van der Waals surface area contributed by atoms with Gasteiger partial charge in [-0.1, -0.05) is 6.92 Å². The SMILES string of the molecule is CCNCc1c(C)nn(C)c1N1CCC(C)(C(N)=O)C1. The predicted molar refractivity (Wildman–Crippen MR) is 79.5 cm³/mol. The summed E-state index contributed by atoms with van der Waals surface area (Å²) < 4.78 is 1.91. The molecule has 112 valence electrons. The number of carbonyl (C=O) groups excluding carboxylic acids is 1. The van der Waals surface area contributed by atoms with Gasteiger partial charge in [-0.3, -0.25) is 9.48 Å². The van der Waals surface area contributed by atoms with E-state index in [2.05, 4.69) is 22.2 Å². The van der Waals surface area contributed by atoms with Crippen LogP contribution in [0.15, 0.2) is 0 Å². The minimum Gasteiger partial charge on any atom is -0.369 e. The van der Waals surface area contributed by atoms with Crippen molar-refractivity contribution in [2.45, 2.75) is 33.7 Å². The third kappa shape index (κ3) is 2.52. The van der Waals surface area contributed by atoms with E-state index in [1.165, 1.54) is 5.56 Å².